The fourth-order valence-electron chi connectivity index (χ4n) is 2.77. The Hall–Kier alpha value is -1.65. The quantitative estimate of drug-likeness (QED) is 0.855. The first kappa shape index (κ1) is 12.8. The molecule has 0 radical (unpaired) electrons. The molecule has 1 fully saturated rings. The number of hydrogen-bond acceptors (Lipinski definition) is 1. The molecular formula is C13H16F2N2O. The first-order chi connectivity index (χ1) is 8.53. The minimum Gasteiger partial charge on any atom is -0.352 e. The van der Waals surface area contributed by atoms with Gasteiger partial charge in [-0.15, -0.1) is 0 Å². The lowest BCUT2D eigenvalue weighted by Gasteiger charge is -2.30. The fourth-order valence-corrected chi connectivity index (χ4v) is 2.77. The number of carbonyl (C=O) groups excluding carboxylic acids is 1. The number of halogens is 2. The summed E-state index contributed by atoms with van der Waals surface area (Å²) in [5.74, 6) is -1.14. The molecule has 18 heavy (non-hydrogen) atoms. The number of primary amides is 1. The molecule has 0 saturated heterocycles. The van der Waals surface area contributed by atoms with Crippen LogP contribution in [0.2, 0.25) is 0 Å². The van der Waals surface area contributed by atoms with Gasteiger partial charge in [0.05, 0.1) is 0 Å². The Morgan fingerprint density at radius 2 is 2.00 bits per heavy atom. The van der Waals surface area contributed by atoms with Crippen molar-refractivity contribution >= 4 is 6.03 Å². The molecule has 3 N–H and O–H groups in total. The van der Waals surface area contributed by atoms with E-state index < -0.39 is 23.1 Å². The molecule has 3 nitrogen and oxygen atoms in total. The van der Waals surface area contributed by atoms with Crippen LogP contribution in [0.4, 0.5) is 13.6 Å². The zero-order chi connectivity index (χ0) is 13.2. The smallest absolute Gasteiger partial charge is 0.312 e. The molecule has 0 aliphatic heterocycles. The van der Waals surface area contributed by atoms with Crippen molar-refractivity contribution in [2.24, 2.45) is 5.73 Å². The summed E-state index contributed by atoms with van der Waals surface area (Å²) in [6, 6.07) is 2.99. The van der Waals surface area contributed by atoms with Crippen LogP contribution >= 0.6 is 0 Å². The average Bonchev–Trinajstić information content (AvgIpc) is 2.76. The minimum atomic E-state index is -0.621. The van der Waals surface area contributed by atoms with Crippen LogP contribution in [0.15, 0.2) is 18.2 Å². The summed E-state index contributed by atoms with van der Waals surface area (Å²) in [5.41, 5.74) is 5.08. The average molecular weight is 254 g/mol. The summed E-state index contributed by atoms with van der Waals surface area (Å²) in [5, 5.41) is 2.55. The highest BCUT2D eigenvalue weighted by atomic mass is 19.1. The van der Waals surface area contributed by atoms with E-state index in [1.54, 1.807) is 0 Å². The third-order valence-corrected chi connectivity index (χ3v) is 3.66. The molecule has 1 aliphatic carbocycles. The van der Waals surface area contributed by atoms with Gasteiger partial charge in [-0.25, -0.2) is 13.6 Å². The van der Waals surface area contributed by atoms with Gasteiger partial charge >= 0.3 is 6.03 Å². The maximum absolute atomic E-state index is 13.9. The van der Waals surface area contributed by atoms with Crippen LogP contribution in [-0.4, -0.2) is 12.6 Å². The van der Waals surface area contributed by atoms with Crippen molar-refractivity contribution in [3.05, 3.63) is 35.4 Å². The topological polar surface area (TPSA) is 55.1 Å². The number of nitrogens with one attached hydrogen (secondary N) is 1. The Morgan fingerprint density at radius 1 is 1.33 bits per heavy atom. The third-order valence-electron chi connectivity index (χ3n) is 3.66. The number of carbonyl (C=O) groups is 1. The van der Waals surface area contributed by atoms with Gasteiger partial charge in [-0.3, -0.25) is 0 Å². The maximum atomic E-state index is 13.9. The predicted octanol–water partition coefficient (Wildman–Crippen LogP) is 2.44. The van der Waals surface area contributed by atoms with E-state index in [9.17, 15) is 13.6 Å². The van der Waals surface area contributed by atoms with E-state index in [2.05, 4.69) is 5.32 Å². The number of hydrogen-bond donors (Lipinski definition) is 2. The molecule has 0 heterocycles. The molecule has 2 amide bonds. The number of benzene rings is 1. The van der Waals surface area contributed by atoms with Gasteiger partial charge in [0.25, 0.3) is 0 Å². The van der Waals surface area contributed by atoms with E-state index in [0.29, 0.717) is 12.1 Å². The lowest BCUT2D eigenvalue weighted by atomic mass is 9.78. The zero-order valence-electron chi connectivity index (χ0n) is 10.0. The number of urea groups is 1. The summed E-state index contributed by atoms with van der Waals surface area (Å²) in [7, 11) is 0. The minimum absolute atomic E-state index is 0.297. The molecule has 2 rings (SSSR count). The summed E-state index contributed by atoms with van der Waals surface area (Å²) < 4.78 is 26.8. The van der Waals surface area contributed by atoms with Gasteiger partial charge in [-0.1, -0.05) is 18.9 Å². The normalized spacial score (nSPS) is 17.7. The highest BCUT2D eigenvalue weighted by Gasteiger charge is 2.37. The predicted molar refractivity (Wildman–Crippen MR) is 64.1 cm³/mol. The molecule has 0 aromatic heterocycles. The van der Waals surface area contributed by atoms with Crippen LogP contribution in [0.25, 0.3) is 0 Å². The van der Waals surface area contributed by atoms with Crippen molar-refractivity contribution in [2.45, 2.75) is 31.1 Å². The second-order valence-corrected chi connectivity index (χ2v) is 4.83. The van der Waals surface area contributed by atoms with Gasteiger partial charge in [0.15, 0.2) is 0 Å². The second-order valence-electron chi connectivity index (χ2n) is 4.83. The first-order valence-electron chi connectivity index (χ1n) is 6.02. The third kappa shape index (κ3) is 2.44. The van der Waals surface area contributed by atoms with Crippen LogP contribution < -0.4 is 11.1 Å². The van der Waals surface area contributed by atoms with Crippen molar-refractivity contribution < 1.29 is 13.6 Å². The SMILES string of the molecule is NC(=O)NCC1(c2ccc(F)cc2F)CCCC1. The first-order valence-corrected chi connectivity index (χ1v) is 6.02. The van der Waals surface area contributed by atoms with Gasteiger partial charge in [0.1, 0.15) is 11.6 Å². The molecule has 5 heteroatoms. The van der Waals surface area contributed by atoms with Crippen molar-refractivity contribution in [2.75, 3.05) is 6.54 Å². The number of amides is 2. The summed E-state index contributed by atoms with van der Waals surface area (Å²) >= 11 is 0. The molecule has 1 aliphatic rings. The highest BCUT2D eigenvalue weighted by Crippen LogP contribution is 2.41. The van der Waals surface area contributed by atoms with Crippen LogP contribution in [-0.2, 0) is 5.41 Å². The summed E-state index contributed by atoms with van der Waals surface area (Å²) in [6.45, 7) is 0.297. The molecule has 1 aromatic carbocycles. The second kappa shape index (κ2) is 4.92. The molecular weight excluding hydrogens is 238 g/mol. The van der Waals surface area contributed by atoms with Crippen LogP contribution in [0, 0.1) is 11.6 Å². The van der Waals surface area contributed by atoms with E-state index in [4.69, 9.17) is 5.73 Å². The van der Waals surface area contributed by atoms with Gasteiger partial charge in [-0.05, 0) is 24.5 Å². The monoisotopic (exact) mass is 254 g/mol. The van der Waals surface area contributed by atoms with E-state index in [1.165, 1.54) is 12.1 Å². The van der Waals surface area contributed by atoms with Gasteiger partial charge in [-0.2, -0.15) is 0 Å². The van der Waals surface area contributed by atoms with E-state index >= 15 is 0 Å². The maximum Gasteiger partial charge on any atom is 0.312 e. The van der Waals surface area contributed by atoms with E-state index in [-0.39, 0.29) is 0 Å². The standard InChI is InChI=1S/C13H16F2N2O/c14-9-3-4-10(11(15)7-9)13(5-1-2-6-13)8-17-12(16)18/h3-4,7H,1-2,5-6,8H2,(H3,16,17,18). The molecule has 0 atom stereocenters. The highest BCUT2D eigenvalue weighted by molar-refractivity contribution is 5.71. The van der Waals surface area contributed by atoms with E-state index in [1.807, 2.05) is 0 Å². The Balaban J connectivity index is 2.31. The van der Waals surface area contributed by atoms with Crippen LogP contribution in [0.5, 0.6) is 0 Å². The van der Waals surface area contributed by atoms with Gasteiger partial charge < -0.3 is 11.1 Å². The van der Waals surface area contributed by atoms with Crippen molar-refractivity contribution in [1.82, 2.24) is 5.32 Å². The molecule has 1 aromatic rings. The Bertz CT molecular complexity index is 456. The van der Waals surface area contributed by atoms with Crippen molar-refractivity contribution in [1.29, 1.82) is 0 Å². The van der Waals surface area contributed by atoms with Gasteiger partial charge in [0.2, 0.25) is 0 Å². The molecule has 1 saturated carbocycles. The number of rotatable bonds is 3. The van der Waals surface area contributed by atoms with E-state index in [0.717, 1.165) is 31.7 Å². The molecule has 0 spiro atoms. The number of nitrogens with two attached hydrogens (primary N) is 1. The summed E-state index contributed by atoms with van der Waals surface area (Å²) in [6.07, 6.45) is 3.49. The fraction of sp³-hybridized carbons (Fsp3) is 0.462. The lowest BCUT2D eigenvalue weighted by Crippen LogP contribution is -2.41. The summed E-state index contributed by atoms with van der Waals surface area (Å²) in [4.78, 5) is 10.8. The van der Waals surface area contributed by atoms with Gasteiger partial charge in [0, 0.05) is 18.0 Å². The van der Waals surface area contributed by atoms with Crippen molar-refractivity contribution in [3.8, 4) is 0 Å². The largest absolute Gasteiger partial charge is 0.352 e. The molecule has 0 bridgehead atoms. The Kier molecular flexibility index (Phi) is 3.50. The van der Waals surface area contributed by atoms with Crippen LogP contribution in [0.3, 0.4) is 0 Å². The molecule has 98 valence electrons. The Morgan fingerprint density at radius 3 is 2.56 bits per heavy atom. The lowest BCUT2D eigenvalue weighted by molar-refractivity contribution is 0.245. The Labute approximate surface area is 104 Å². The van der Waals surface area contributed by atoms with Crippen molar-refractivity contribution in [3.63, 3.8) is 0 Å². The molecule has 0 unspecified atom stereocenters. The zero-order valence-corrected chi connectivity index (χ0v) is 10.0. The van der Waals surface area contributed by atoms with Crippen LogP contribution in [0.1, 0.15) is 31.2 Å².